The van der Waals surface area contributed by atoms with Gasteiger partial charge in [-0.15, -0.1) is 0 Å². The summed E-state index contributed by atoms with van der Waals surface area (Å²) in [4.78, 5) is 47.2. The summed E-state index contributed by atoms with van der Waals surface area (Å²) < 4.78 is 5.60. The maximum atomic E-state index is 12.7. The summed E-state index contributed by atoms with van der Waals surface area (Å²) in [7, 11) is 0. The number of rotatable bonds is 7. The van der Waals surface area contributed by atoms with Gasteiger partial charge in [-0.2, -0.15) is 0 Å². The quantitative estimate of drug-likeness (QED) is 0.522. The largest absolute Gasteiger partial charge is 0.507 e. The number of aromatic hydroxyl groups is 1. The summed E-state index contributed by atoms with van der Waals surface area (Å²) in [6.45, 7) is 1.30. The minimum Gasteiger partial charge on any atom is -0.507 e. The van der Waals surface area contributed by atoms with Crippen LogP contribution in [0.5, 0.6) is 11.5 Å². The normalized spacial score (nSPS) is 19.5. The number of hydrogen-bond acceptors (Lipinski definition) is 6. The summed E-state index contributed by atoms with van der Waals surface area (Å²) >= 11 is 0. The van der Waals surface area contributed by atoms with Gasteiger partial charge in [0.2, 0.25) is 0 Å². The Kier molecular flexibility index (Phi) is 4.88. The molecule has 2 heterocycles. The lowest BCUT2D eigenvalue weighted by Crippen LogP contribution is -2.41. The highest BCUT2D eigenvalue weighted by Crippen LogP contribution is 2.44. The van der Waals surface area contributed by atoms with Gasteiger partial charge in [0, 0.05) is 24.0 Å². The molecule has 0 radical (unpaired) electrons. The SMILES string of the molecule is CC(C(=O)O)C1Cc2c(cc3c(c2O)CN(C(CCC(=O)O)C(=O)O)C3=O)O1. The average molecular weight is 393 g/mol. The zero-order valence-electron chi connectivity index (χ0n) is 14.9. The molecule has 1 aromatic carbocycles. The molecule has 1 aromatic rings. The van der Waals surface area contributed by atoms with Gasteiger partial charge in [0.05, 0.1) is 18.0 Å². The fraction of sp³-hybridized carbons (Fsp3) is 0.444. The molecule has 3 rings (SSSR count). The summed E-state index contributed by atoms with van der Waals surface area (Å²) in [6.07, 6.45) is -1.22. The van der Waals surface area contributed by atoms with E-state index < -0.39 is 48.3 Å². The number of carbonyl (C=O) groups is 4. The van der Waals surface area contributed by atoms with E-state index in [0.29, 0.717) is 5.56 Å². The maximum absolute atomic E-state index is 12.7. The molecule has 0 aliphatic carbocycles. The molecule has 0 fully saturated rings. The van der Waals surface area contributed by atoms with Crippen LogP contribution in [0.25, 0.3) is 0 Å². The van der Waals surface area contributed by atoms with E-state index >= 15 is 0 Å². The lowest BCUT2D eigenvalue weighted by molar-refractivity contribution is -0.145. The number of carboxylic acids is 3. The fourth-order valence-corrected chi connectivity index (χ4v) is 3.55. The van der Waals surface area contributed by atoms with Crippen LogP contribution < -0.4 is 4.74 Å². The highest BCUT2D eigenvalue weighted by Gasteiger charge is 2.42. The number of benzene rings is 1. The number of hydrogen-bond donors (Lipinski definition) is 4. The number of phenolic OH excluding ortho intramolecular Hbond substituents is 1. The standard InChI is InChI=1S/C18H19NO9/c1-7(17(24)25)12-5-9-13(28-12)4-8-10(15(9)22)6-19(16(8)23)11(18(26)27)2-3-14(20)21/h4,7,11-12,22H,2-3,5-6H2,1H3,(H,20,21)(H,24,25)(H,26,27). The topological polar surface area (TPSA) is 162 Å². The van der Waals surface area contributed by atoms with Crippen LogP contribution in [-0.2, 0) is 27.3 Å². The Labute approximate surface area is 158 Å². The Balaban J connectivity index is 1.88. The van der Waals surface area contributed by atoms with Crippen molar-refractivity contribution in [3.05, 3.63) is 22.8 Å². The maximum Gasteiger partial charge on any atom is 0.326 e. The van der Waals surface area contributed by atoms with Crippen molar-refractivity contribution in [2.45, 2.75) is 44.9 Å². The first-order valence-electron chi connectivity index (χ1n) is 8.64. The van der Waals surface area contributed by atoms with Gasteiger partial charge >= 0.3 is 17.9 Å². The van der Waals surface area contributed by atoms with E-state index in [9.17, 15) is 29.4 Å². The molecular weight excluding hydrogens is 374 g/mol. The third kappa shape index (κ3) is 3.21. The number of carbonyl (C=O) groups excluding carboxylic acids is 1. The number of amides is 1. The average Bonchev–Trinajstić information content (AvgIpc) is 3.17. The van der Waals surface area contributed by atoms with E-state index in [1.807, 2.05) is 0 Å². The van der Waals surface area contributed by atoms with Gasteiger partial charge < -0.3 is 30.1 Å². The molecule has 0 saturated carbocycles. The van der Waals surface area contributed by atoms with Crippen molar-refractivity contribution in [1.29, 1.82) is 0 Å². The lowest BCUT2D eigenvalue weighted by atomic mass is 9.97. The second-order valence-corrected chi connectivity index (χ2v) is 6.93. The Morgan fingerprint density at radius 1 is 1.21 bits per heavy atom. The van der Waals surface area contributed by atoms with Crippen molar-refractivity contribution >= 4 is 23.8 Å². The smallest absolute Gasteiger partial charge is 0.326 e. The van der Waals surface area contributed by atoms with E-state index in [-0.39, 0.29) is 42.0 Å². The van der Waals surface area contributed by atoms with E-state index in [1.165, 1.54) is 13.0 Å². The number of phenols is 1. The van der Waals surface area contributed by atoms with Gasteiger partial charge in [0.25, 0.3) is 5.91 Å². The molecule has 10 nitrogen and oxygen atoms in total. The molecule has 0 spiro atoms. The Morgan fingerprint density at radius 2 is 1.89 bits per heavy atom. The van der Waals surface area contributed by atoms with E-state index in [4.69, 9.17) is 14.9 Å². The number of nitrogens with zero attached hydrogens (tertiary/aromatic N) is 1. The molecule has 0 aromatic heterocycles. The first-order chi connectivity index (χ1) is 13.1. The Hall–Kier alpha value is -3.30. The molecule has 150 valence electrons. The van der Waals surface area contributed by atoms with Gasteiger partial charge in [0.15, 0.2) is 0 Å². The first-order valence-corrected chi connectivity index (χ1v) is 8.64. The molecular formula is C18H19NO9. The lowest BCUT2D eigenvalue weighted by Gasteiger charge is -2.23. The zero-order valence-corrected chi connectivity index (χ0v) is 14.9. The highest BCUT2D eigenvalue weighted by atomic mass is 16.5. The van der Waals surface area contributed by atoms with Crippen molar-refractivity contribution in [3.8, 4) is 11.5 Å². The van der Waals surface area contributed by atoms with Crippen molar-refractivity contribution in [2.75, 3.05) is 0 Å². The second-order valence-electron chi connectivity index (χ2n) is 6.93. The summed E-state index contributed by atoms with van der Waals surface area (Å²) in [5, 5.41) is 37.9. The fourth-order valence-electron chi connectivity index (χ4n) is 3.55. The summed E-state index contributed by atoms with van der Waals surface area (Å²) in [5.41, 5.74) is 0.683. The third-order valence-corrected chi connectivity index (χ3v) is 5.21. The van der Waals surface area contributed by atoms with Crippen molar-refractivity contribution < 1.29 is 44.3 Å². The first kappa shape index (κ1) is 19.5. The number of fused-ring (bicyclic) bond motifs is 2. The summed E-state index contributed by atoms with van der Waals surface area (Å²) in [5.74, 6) is -5.04. The number of aliphatic carboxylic acids is 3. The van der Waals surface area contributed by atoms with E-state index in [0.717, 1.165) is 4.90 Å². The molecule has 4 N–H and O–H groups in total. The third-order valence-electron chi connectivity index (χ3n) is 5.21. The molecule has 0 bridgehead atoms. The molecule has 2 aliphatic rings. The van der Waals surface area contributed by atoms with E-state index in [2.05, 4.69) is 0 Å². The van der Waals surface area contributed by atoms with Crippen LogP contribution in [0.1, 0.15) is 41.3 Å². The zero-order chi connectivity index (χ0) is 20.7. The van der Waals surface area contributed by atoms with Crippen LogP contribution in [-0.4, -0.2) is 61.3 Å². The molecule has 3 atom stereocenters. The van der Waals surface area contributed by atoms with Crippen LogP contribution in [0.4, 0.5) is 0 Å². The molecule has 3 unspecified atom stereocenters. The van der Waals surface area contributed by atoms with Crippen LogP contribution in [0.3, 0.4) is 0 Å². The molecule has 1 amide bonds. The van der Waals surface area contributed by atoms with Crippen molar-refractivity contribution in [3.63, 3.8) is 0 Å². The van der Waals surface area contributed by atoms with Gasteiger partial charge in [-0.25, -0.2) is 4.79 Å². The van der Waals surface area contributed by atoms with Crippen LogP contribution >= 0.6 is 0 Å². The monoisotopic (exact) mass is 393 g/mol. The predicted octanol–water partition coefficient (Wildman–Crippen LogP) is 0.690. The molecule has 28 heavy (non-hydrogen) atoms. The summed E-state index contributed by atoms with van der Waals surface area (Å²) in [6, 6.07) is 0.0446. The van der Waals surface area contributed by atoms with Crippen molar-refractivity contribution in [2.24, 2.45) is 5.92 Å². The van der Waals surface area contributed by atoms with Crippen molar-refractivity contribution in [1.82, 2.24) is 4.90 Å². The van der Waals surface area contributed by atoms with Crippen LogP contribution in [0.15, 0.2) is 6.07 Å². The van der Waals surface area contributed by atoms with Crippen LogP contribution in [0.2, 0.25) is 0 Å². The van der Waals surface area contributed by atoms with Gasteiger partial charge in [-0.05, 0) is 19.4 Å². The van der Waals surface area contributed by atoms with E-state index in [1.54, 1.807) is 0 Å². The number of ether oxygens (including phenoxy) is 1. The van der Waals surface area contributed by atoms with Gasteiger partial charge in [-0.1, -0.05) is 0 Å². The Morgan fingerprint density at radius 3 is 2.46 bits per heavy atom. The van der Waals surface area contributed by atoms with Gasteiger partial charge in [-0.3, -0.25) is 14.4 Å². The predicted molar refractivity (Wildman–Crippen MR) is 91.2 cm³/mol. The molecule has 2 aliphatic heterocycles. The minimum absolute atomic E-state index is 0.0708. The second kappa shape index (κ2) is 7.02. The molecule has 0 saturated heterocycles. The molecule has 10 heteroatoms. The number of carboxylic acid groups (broad SMARTS) is 3. The Bertz CT molecular complexity index is 878. The highest BCUT2D eigenvalue weighted by molar-refractivity contribution is 6.02. The van der Waals surface area contributed by atoms with Crippen LogP contribution in [0, 0.1) is 5.92 Å². The minimum atomic E-state index is -1.34. The van der Waals surface area contributed by atoms with Gasteiger partial charge in [0.1, 0.15) is 23.6 Å².